The van der Waals surface area contributed by atoms with Crippen LogP contribution in [0.15, 0.2) is 42.6 Å². The van der Waals surface area contributed by atoms with Gasteiger partial charge in [0.25, 0.3) is 0 Å². The summed E-state index contributed by atoms with van der Waals surface area (Å²) in [4.78, 5) is 11.3. The fourth-order valence-corrected chi connectivity index (χ4v) is 2.45. The molecule has 0 amide bonds. The summed E-state index contributed by atoms with van der Waals surface area (Å²) < 4.78 is 2.08. The molecule has 0 aliphatic rings. The van der Waals surface area contributed by atoms with E-state index in [4.69, 9.17) is 0 Å². The zero-order valence-electron chi connectivity index (χ0n) is 12.0. The van der Waals surface area contributed by atoms with E-state index < -0.39 is 5.97 Å². The van der Waals surface area contributed by atoms with Crippen molar-refractivity contribution >= 4 is 5.97 Å². The van der Waals surface area contributed by atoms with Crippen molar-refractivity contribution in [3.63, 3.8) is 0 Å². The van der Waals surface area contributed by atoms with Gasteiger partial charge in [-0.3, -0.25) is 0 Å². The highest BCUT2D eigenvalue weighted by Gasteiger charge is 2.15. The molecule has 0 saturated heterocycles. The maximum atomic E-state index is 11.3. The molecule has 0 bridgehead atoms. The third-order valence-electron chi connectivity index (χ3n) is 3.36. The Hall–Kier alpha value is -2.03. The second-order valence-corrected chi connectivity index (χ2v) is 5.51. The molecule has 0 fully saturated rings. The molecule has 2 rings (SSSR count). The number of aromatic nitrogens is 1. The van der Waals surface area contributed by atoms with Gasteiger partial charge in [-0.25, -0.2) is 4.79 Å². The largest absolute Gasteiger partial charge is 0.478 e. The number of nitrogens with zero attached hydrogens (tertiary/aromatic N) is 1. The summed E-state index contributed by atoms with van der Waals surface area (Å²) in [6.07, 6.45) is 3.51. The highest BCUT2D eigenvalue weighted by atomic mass is 16.4. The molecule has 1 aromatic heterocycles. The number of aromatic carboxylic acids is 1. The number of hydrogen-bond acceptors (Lipinski definition) is 1. The standard InChI is InChI=1S/C17H21NO2/c1-13(2)12-18-11-10-15(17(19)20)16(18)9-8-14-6-4-3-5-7-14/h3-7,10-11,13H,8-9,12H2,1-2H3,(H,19,20). The lowest BCUT2D eigenvalue weighted by Crippen LogP contribution is -2.11. The summed E-state index contributed by atoms with van der Waals surface area (Å²) in [6, 6.07) is 11.9. The van der Waals surface area contributed by atoms with E-state index in [1.165, 1.54) is 5.56 Å². The van der Waals surface area contributed by atoms with Gasteiger partial charge in [0.1, 0.15) is 0 Å². The van der Waals surface area contributed by atoms with Crippen molar-refractivity contribution in [1.82, 2.24) is 4.57 Å². The summed E-state index contributed by atoms with van der Waals surface area (Å²) in [6.45, 7) is 5.14. The highest BCUT2D eigenvalue weighted by molar-refractivity contribution is 5.89. The van der Waals surface area contributed by atoms with Gasteiger partial charge < -0.3 is 9.67 Å². The lowest BCUT2D eigenvalue weighted by molar-refractivity contribution is 0.0695. The van der Waals surface area contributed by atoms with Gasteiger partial charge in [-0.05, 0) is 30.4 Å². The molecule has 0 spiro atoms. The molecule has 0 aliphatic heterocycles. The quantitative estimate of drug-likeness (QED) is 0.871. The first-order chi connectivity index (χ1) is 9.58. The smallest absolute Gasteiger partial charge is 0.337 e. The van der Waals surface area contributed by atoms with Crippen molar-refractivity contribution < 1.29 is 9.90 Å². The van der Waals surface area contributed by atoms with Crippen LogP contribution in [0.25, 0.3) is 0 Å². The summed E-state index contributed by atoms with van der Waals surface area (Å²) in [7, 11) is 0. The minimum absolute atomic E-state index is 0.432. The number of carboxylic acid groups (broad SMARTS) is 1. The Morgan fingerprint density at radius 2 is 1.85 bits per heavy atom. The molecule has 0 aliphatic carbocycles. The van der Waals surface area contributed by atoms with E-state index in [1.807, 2.05) is 24.4 Å². The summed E-state index contributed by atoms with van der Waals surface area (Å²) in [5.74, 6) is -0.338. The number of benzene rings is 1. The Balaban J connectivity index is 2.19. The van der Waals surface area contributed by atoms with E-state index in [0.717, 1.165) is 25.1 Å². The molecule has 1 heterocycles. The molecule has 0 saturated carbocycles. The molecular formula is C17H21NO2. The second kappa shape index (κ2) is 6.42. The van der Waals surface area contributed by atoms with Gasteiger partial charge >= 0.3 is 5.97 Å². The lowest BCUT2D eigenvalue weighted by Gasteiger charge is -2.12. The number of aryl methyl sites for hydroxylation is 1. The first-order valence-corrected chi connectivity index (χ1v) is 7.03. The monoisotopic (exact) mass is 271 g/mol. The predicted molar refractivity (Wildman–Crippen MR) is 80.1 cm³/mol. The van der Waals surface area contributed by atoms with Crippen molar-refractivity contribution in [2.45, 2.75) is 33.2 Å². The van der Waals surface area contributed by atoms with Crippen LogP contribution >= 0.6 is 0 Å². The fourth-order valence-electron chi connectivity index (χ4n) is 2.45. The summed E-state index contributed by atoms with van der Waals surface area (Å²) >= 11 is 0. The average molecular weight is 271 g/mol. The van der Waals surface area contributed by atoms with Gasteiger partial charge in [-0.15, -0.1) is 0 Å². The Bertz CT molecular complexity index is 570. The third kappa shape index (κ3) is 3.50. The molecule has 0 atom stereocenters. The van der Waals surface area contributed by atoms with Crippen molar-refractivity contribution in [3.8, 4) is 0 Å². The van der Waals surface area contributed by atoms with Crippen LogP contribution in [0, 0.1) is 5.92 Å². The second-order valence-electron chi connectivity index (χ2n) is 5.51. The van der Waals surface area contributed by atoms with E-state index in [-0.39, 0.29) is 0 Å². The topological polar surface area (TPSA) is 42.2 Å². The van der Waals surface area contributed by atoms with Crippen molar-refractivity contribution in [2.24, 2.45) is 5.92 Å². The third-order valence-corrected chi connectivity index (χ3v) is 3.36. The van der Waals surface area contributed by atoms with E-state index in [1.54, 1.807) is 6.07 Å². The molecule has 3 heteroatoms. The molecule has 1 N–H and O–H groups in total. The van der Waals surface area contributed by atoms with Crippen LogP contribution in [0.1, 0.15) is 35.5 Å². The van der Waals surface area contributed by atoms with E-state index in [0.29, 0.717) is 11.5 Å². The average Bonchev–Trinajstić information content (AvgIpc) is 2.80. The normalized spacial score (nSPS) is 10.9. The van der Waals surface area contributed by atoms with Gasteiger partial charge in [0.15, 0.2) is 0 Å². The summed E-state index contributed by atoms with van der Waals surface area (Å²) in [5.41, 5.74) is 2.60. The number of carbonyl (C=O) groups is 1. The minimum atomic E-state index is -0.837. The zero-order chi connectivity index (χ0) is 14.5. The Labute approximate surface area is 119 Å². The lowest BCUT2D eigenvalue weighted by atomic mass is 10.1. The minimum Gasteiger partial charge on any atom is -0.478 e. The SMILES string of the molecule is CC(C)Cn1ccc(C(=O)O)c1CCc1ccccc1. The van der Waals surface area contributed by atoms with Crippen molar-refractivity contribution in [3.05, 3.63) is 59.4 Å². The Morgan fingerprint density at radius 1 is 1.15 bits per heavy atom. The van der Waals surface area contributed by atoms with E-state index in [2.05, 4.69) is 30.5 Å². The van der Waals surface area contributed by atoms with Crippen LogP contribution in [0.4, 0.5) is 0 Å². The first-order valence-electron chi connectivity index (χ1n) is 7.03. The van der Waals surface area contributed by atoms with Crippen molar-refractivity contribution in [1.29, 1.82) is 0 Å². The fraction of sp³-hybridized carbons (Fsp3) is 0.353. The van der Waals surface area contributed by atoms with Gasteiger partial charge in [0.05, 0.1) is 5.56 Å². The van der Waals surface area contributed by atoms with Crippen LogP contribution in [0.3, 0.4) is 0 Å². The van der Waals surface area contributed by atoms with Crippen LogP contribution in [-0.4, -0.2) is 15.6 Å². The van der Waals surface area contributed by atoms with Crippen LogP contribution in [0.2, 0.25) is 0 Å². The molecule has 3 nitrogen and oxygen atoms in total. The molecule has 2 aromatic rings. The van der Waals surface area contributed by atoms with Gasteiger partial charge in [0, 0.05) is 18.4 Å². The van der Waals surface area contributed by atoms with Crippen LogP contribution in [0.5, 0.6) is 0 Å². The molecule has 0 unspecified atom stereocenters. The Morgan fingerprint density at radius 3 is 2.45 bits per heavy atom. The molecule has 20 heavy (non-hydrogen) atoms. The molecule has 0 radical (unpaired) electrons. The van der Waals surface area contributed by atoms with E-state index >= 15 is 0 Å². The maximum absolute atomic E-state index is 11.3. The first kappa shape index (κ1) is 14.4. The van der Waals surface area contributed by atoms with Gasteiger partial charge in [0.2, 0.25) is 0 Å². The molecule has 106 valence electrons. The number of rotatable bonds is 6. The van der Waals surface area contributed by atoms with Gasteiger partial charge in [-0.2, -0.15) is 0 Å². The Kier molecular flexibility index (Phi) is 4.61. The van der Waals surface area contributed by atoms with E-state index in [9.17, 15) is 9.90 Å². The highest BCUT2D eigenvalue weighted by Crippen LogP contribution is 2.16. The number of carboxylic acids is 1. The van der Waals surface area contributed by atoms with Crippen molar-refractivity contribution in [2.75, 3.05) is 0 Å². The van der Waals surface area contributed by atoms with Crippen LogP contribution in [-0.2, 0) is 19.4 Å². The molecular weight excluding hydrogens is 250 g/mol. The van der Waals surface area contributed by atoms with Gasteiger partial charge in [-0.1, -0.05) is 44.2 Å². The maximum Gasteiger partial charge on any atom is 0.337 e. The zero-order valence-corrected chi connectivity index (χ0v) is 12.0. The van der Waals surface area contributed by atoms with Crippen LogP contribution < -0.4 is 0 Å². The molecule has 1 aromatic carbocycles. The summed E-state index contributed by atoms with van der Waals surface area (Å²) in [5, 5.41) is 9.30. The predicted octanol–water partition coefficient (Wildman–Crippen LogP) is 3.63. The number of hydrogen-bond donors (Lipinski definition) is 1.